The zero-order chi connectivity index (χ0) is 12.3. The van der Waals surface area contributed by atoms with Crippen LogP contribution < -0.4 is 5.73 Å². The maximum Gasteiger partial charge on any atom is 0.0635 e. The molecule has 90 valence electrons. The molecule has 2 rings (SSSR count). The van der Waals surface area contributed by atoms with E-state index >= 15 is 0 Å². The highest BCUT2D eigenvalue weighted by Crippen LogP contribution is 2.21. The van der Waals surface area contributed by atoms with E-state index < -0.39 is 0 Å². The molecule has 1 heterocycles. The Morgan fingerprint density at radius 2 is 2.06 bits per heavy atom. The Bertz CT molecular complexity index is 459. The lowest BCUT2D eigenvalue weighted by Gasteiger charge is -2.12. The summed E-state index contributed by atoms with van der Waals surface area (Å²) in [5.41, 5.74) is 8.54. The fourth-order valence-electron chi connectivity index (χ4n) is 1.88. The summed E-state index contributed by atoms with van der Waals surface area (Å²) >= 11 is 3.50. The highest BCUT2D eigenvalue weighted by molar-refractivity contribution is 9.10. The van der Waals surface area contributed by atoms with Gasteiger partial charge in [-0.05, 0) is 34.3 Å². The first-order chi connectivity index (χ1) is 8.18. The second-order valence-corrected chi connectivity index (χ2v) is 4.97. The molecular formula is C13H16BrN3. The Hall–Kier alpha value is -1.13. The molecule has 0 saturated carbocycles. The smallest absolute Gasteiger partial charge is 0.0635 e. The van der Waals surface area contributed by atoms with E-state index in [2.05, 4.69) is 33.2 Å². The molecule has 4 heteroatoms. The molecule has 0 radical (unpaired) electrons. The SMILES string of the molecule is Cn1ncc(Br)c1CCC(N)c1ccccc1. The van der Waals surface area contributed by atoms with Crippen LogP contribution in [-0.2, 0) is 13.5 Å². The second-order valence-electron chi connectivity index (χ2n) is 4.12. The lowest BCUT2D eigenvalue weighted by molar-refractivity contribution is 0.612. The summed E-state index contributed by atoms with van der Waals surface area (Å²) in [4.78, 5) is 0. The van der Waals surface area contributed by atoms with Gasteiger partial charge in [0.25, 0.3) is 0 Å². The molecule has 0 aliphatic carbocycles. The van der Waals surface area contributed by atoms with Gasteiger partial charge >= 0.3 is 0 Å². The molecule has 1 unspecified atom stereocenters. The maximum absolute atomic E-state index is 6.17. The molecule has 0 bridgehead atoms. The molecule has 0 saturated heterocycles. The molecule has 1 aromatic heterocycles. The van der Waals surface area contributed by atoms with E-state index in [0.717, 1.165) is 17.3 Å². The van der Waals surface area contributed by atoms with E-state index in [-0.39, 0.29) is 6.04 Å². The van der Waals surface area contributed by atoms with Gasteiger partial charge in [-0.1, -0.05) is 30.3 Å². The van der Waals surface area contributed by atoms with Crippen molar-refractivity contribution in [3.05, 3.63) is 52.3 Å². The normalized spacial score (nSPS) is 12.6. The van der Waals surface area contributed by atoms with Crippen LogP contribution in [-0.4, -0.2) is 9.78 Å². The summed E-state index contributed by atoms with van der Waals surface area (Å²) in [6.07, 6.45) is 3.67. The van der Waals surface area contributed by atoms with Crippen LogP contribution in [0.2, 0.25) is 0 Å². The molecule has 0 spiro atoms. The van der Waals surface area contributed by atoms with Crippen molar-refractivity contribution >= 4 is 15.9 Å². The fourth-order valence-corrected chi connectivity index (χ4v) is 2.42. The highest BCUT2D eigenvalue weighted by atomic mass is 79.9. The van der Waals surface area contributed by atoms with Gasteiger partial charge in [0.15, 0.2) is 0 Å². The van der Waals surface area contributed by atoms with Gasteiger partial charge in [0.2, 0.25) is 0 Å². The number of aryl methyl sites for hydroxylation is 1. The van der Waals surface area contributed by atoms with Gasteiger partial charge in [0.05, 0.1) is 16.4 Å². The van der Waals surface area contributed by atoms with Crippen molar-refractivity contribution in [2.24, 2.45) is 12.8 Å². The quantitative estimate of drug-likeness (QED) is 0.942. The van der Waals surface area contributed by atoms with Crippen molar-refractivity contribution in [2.45, 2.75) is 18.9 Å². The van der Waals surface area contributed by atoms with Crippen LogP contribution >= 0.6 is 15.9 Å². The first-order valence-corrected chi connectivity index (χ1v) is 6.44. The average molecular weight is 294 g/mol. The zero-order valence-electron chi connectivity index (χ0n) is 9.81. The van der Waals surface area contributed by atoms with Crippen molar-refractivity contribution in [1.82, 2.24) is 9.78 Å². The Balaban J connectivity index is 1.99. The second kappa shape index (κ2) is 5.47. The first kappa shape index (κ1) is 12.3. The van der Waals surface area contributed by atoms with Crippen molar-refractivity contribution in [2.75, 3.05) is 0 Å². The van der Waals surface area contributed by atoms with Gasteiger partial charge in [-0.3, -0.25) is 4.68 Å². The van der Waals surface area contributed by atoms with Crippen LogP contribution in [0.5, 0.6) is 0 Å². The molecular weight excluding hydrogens is 278 g/mol. The Labute approximate surface area is 110 Å². The van der Waals surface area contributed by atoms with E-state index in [9.17, 15) is 0 Å². The number of nitrogens with two attached hydrogens (primary N) is 1. The Kier molecular flexibility index (Phi) is 3.97. The number of aromatic nitrogens is 2. The predicted octanol–water partition coefficient (Wildman–Crippen LogP) is 2.82. The number of rotatable bonds is 4. The topological polar surface area (TPSA) is 43.8 Å². The molecule has 2 aromatic rings. The number of hydrogen-bond donors (Lipinski definition) is 1. The molecule has 0 aliphatic heterocycles. The minimum absolute atomic E-state index is 0.0815. The minimum atomic E-state index is 0.0815. The molecule has 1 atom stereocenters. The summed E-state index contributed by atoms with van der Waals surface area (Å²) in [6.45, 7) is 0. The van der Waals surface area contributed by atoms with Crippen LogP contribution in [0, 0.1) is 0 Å². The van der Waals surface area contributed by atoms with Crippen LogP contribution in [0.1, 0.15) is 23.7 Å². The van der Waals surface area contributed by atoms with Crippen molar-refractivity contribution in [1.29, 1.82) is 0 Å². The van der Waals surface area contributed by atoms with Gasteiger partial charge in [0.1, 0.15) is 0 Å². The standard InChI is InChI=1S/C13H16BrN3/c1-17-13(11(14)9-16-17)8-7-12(15)10-5-3-2-4-6-10/h2-6,9,12H,7-8,15H2,1H3. The Morgan fingerprint density at radius 3 is 2.65 bits per heavy atom. The maximum atomic E-state index is 6.17. The summed E-state index contributed by atoms with van der Waals surface area (Å²) in [5.74, 6) is 0. The van der Waals surface area contributed by atoms with Gasteiger partial charge < -0.3 is 5.73 Å². The van der Waals surface area contributed by atoms with Gasteiger partial charge in [-0.25, -0.2) is 0 Å². The summed E-state index contributed by atoms with van der Waals surface area (Å²) < 4.78 is 2.95. The minimum Gasteiger partial charge on any atom is -0.324 e. The summed E-state index contributed by atoms with van der Waals surface area (Å²) in [5, 5.41) is 4.20. The van der Waals surface area contributed by atoms with E-state index in [1.54, 1.807) is 0 Å². The lowest BCUT2D eigenvalue weighted by Crippen LogP contribution is -2.12. The molecule has 1 aromatic carbocycles. The number of hydrogen-bond acceptors (Lipinski definition) is 2. The zero-order valence-corrected chi connectivity index (χ0v) is 11.4. The van der Waals surface area contributed by atoms with Crippen LogP contribution in [0.4, 0.5) is 0 Å². The van der Waals surface area contributed by atoms with Crippen molar-refractivity contribution in [3.63, 3.8) is 0 Å². The number of nitrogens with zero attached hydrogens (tertiary/aromatic N) is 2. The molecule has 0 aliphatic rings. The van der Waals surface area contributed by atoms with Gasteiger partial charge in [0, 0.05) is 13.1 Å². The highest BCUT2D eigenvalue weighted by Gasteiger charge is 2.10. The van der Waals surface area contributed by atoms with Crippen molar-refractivity contribution in [3.8, 4) is 0 Å². The summed E-state index contributed by atoms with van der Waals surface area (Å²) in [6, 6.07) is 10.3. The first-order valence-electron chi connectivity index (χ1n) is 5.65. The molecule has 17 heavy (non-hydrogen) atoms. The molecule has 2 N–H and O–H groups in total. The Morgan fingerprint density at radius 1 is 1.35 bits per heavy atom. The van der Waals surface area contributed by atoms with E-state index in [4.69, 9.17) is 5.73 Å². The van der Waals surface area contributed by atoms with Crippen molar-refractivity contribution < 1.29 is 0 Å². The monoisotopic (exact) mass is 293 g/mol. The molecule has 0 fully saturated rings. The van der Waals surface area contributed by atoms with Gasteiger partial charge in [-0.2, -0.15) is 5.10 Å². The predicted molar refractivity (Wildman–Crippen MR) is 72.6 cm³/mol. The van der Waals surface area contributed by atoms with Crippen LogP contribution in [0.3, 0.4) is 0 Å². The van der Waals surface area contributed by atoms with E-state index in [1.807, 2.05) is 36.1 Å². The average Bonchev–Trinajstić information content (AvgIpc) is 2.67. The lowest BCUT2D eigenvalue weighted by atomic mass is 10.0. The molecule has 3 nitrogen and oxygen atoms in total. The summed E-state index contributed by atoms with van der Waals surface area (Å²) in [7, 11) is 1.95. The van der Waals surface area contributed by atoms with E-state index in [1.165, 1.54) is 11.3 Å². The third-order valence-electron chi connectivity index (χ3n) is 2.93. The largest absolute Gasteiger partial charge is 0.324 e. The van der Waals surface area contributed by atoms with Crippen LogP contribution in [0.25, 0.3) is 0 Å². The molecule has 0 amide bonds. The van der Waals surface area contributed by atoms with Crippen LogP contribution in [0.15, 0.2) is 41.0 Å². The fraction of sp³-hybridized carbons (Fsp3) is 0.308. The number of benzene rings is 1. The third-order valence-corrected chi connectivity index (χ3v) is 3.59. The van der Waals surface area contributed by atoms with E-state index in [0.29, 0.717) is 0 Å². The third kappa shape index (κ3) is 2.96. The van der Waals surface area contributed by atoms with Gasteiger partial charge in [-0.15, -0.1) is 0 Å². The number of halogens is 1.